The number of ether oxygens (including phenoxy) is 1. The number of hydrogen-bond donors (Lipinski definition) is 0. The molecule has 92 valence electrons. The van der Waals surface area contributed by atoms with Crippen molar-refractivity contribution >= 4 is 19.4 Å². The van der Waals surface area contributed by atoms with E-state index in [9.17, 15) is 0 Å². The van der Waals surface area contributed by atoms with E-state index in [1.54, 1.807) is 0 Å². The van der Waals surface area contributed by atoms with E-state index in [4.69, 9.17) is 14.5 Å². The van der Waals surface area contributed by atoms with E-state index in [0.717, 1.165) is 13.0 Å². The molecule has 17 heavy (non-hydrogen) atoms. The molecule has 4 heteroatoms. The second-order valence-electron chi connectivity index (χ2n) is 4.46. The molecule has 2 fully saturated rings. The van der Waals surface area contributed by atoms with E-state index < -0.39 is 0 Å². The van der Waals surface area contributed by atoms with Crippen LogP contribution in [-0.4, -0.2) is 39.9 Å². The van der Waals surface area contributed by atoms with Gasteiger partial charge in [0.25, 0.3) is 0 Å². The maximum absolute atomic E-state index is 5.82. The molecule has 2 saturated heterocycles. The average molecular weight is 299 g/mol. The van der Waals surface area contributed by atoms with E-state index in [1.807, 2.05) is 0 Å². The first-order valence-electron chi connectivity index (χ1n) is 6.00. The Labute approximate surface area is 108 Å². The Balaban J connectivity index is 1.75. The molecule has 1 aromatic rings. The zero-order chi connectivity index (χ0) is 11.7. The number of benzene rings is 1. The predicted octanol–water partition coefficient (Wildman–Crippen LogP) is 1.31. The normalized spacial score (nSPS) is 36.8. The third-order valence-corrected chi connectivity index (χ3v) is 6.29. The van der Waals surface area contributed by atoms with Crippen LogP contribution in [0.1, 0.15) is 13.3 Å². The van der Waals surface area contributed by atoms with Gasteiger partial charge in [0, 0.05) is 0 Å². The molecule has 0 amide bonds. The summed E-state index contributed by atoms with van der Waals surface area (Å²) in [6, 6.07) is 10.6. The molecule has 0 N–H and O–H groups in total. The Morgan fingerprint density at radius 2 is 2.00 bits per heavy atom. The molecular formula is C13H16O3Se. The molecule has 0 aromatic heterocycles. The molecule has 3 nitrogen and oxygen atoms in total. The molecule has 1 aromatic carbocycles. The van der Waals surface area contributed by atoms with Crippen LogP contribution in [0.3, 0.4) is 0 Å². The zero-order valence-electron chi connectivity index (χ0n) is 9.74. The molecule has 1 unspecified atom stereocenters. The van der Waals surface area contributed by atoms with E-state index in [0.29, 0.717) is 19.8 Å². The van der Waals surface area contributed by atoms with Gasteiger partial charge in [0.2, 0.25) is 0 Å². The van der Waals surface area contributed by atoms with Crippen molar-refractivity contribution in [1.82, 2.24) is 0 Å². The summed E-state index contributed by atoms with van der Waals surface area (Å²) in [5.74, 6) is 0. The minimum atomic E-state index is 0.120. The fourth-order valence-electron chi connectivity index (χ4n) is 2.30. The van der Waals surface area contributed by atoms with Gasteiger partial charge in [0.05, 0.1) is 0 Å². The second kappa shape index (κ2) is 5.09. The van der Waals surface area contributed by atoms with Crippen molar-refractivity contribution in [2.24, 2.45) is 0 Å². The Hall–Kier alpha value is -0.381. The topological polar surface area (TPSA) is 27.7 Å². The summed E-state index contributed by atoms with van der Waals surface area (Å²) in [6.07, 6.45) is 1.44. The Morgan fingerprint density at radius 3 is 2.82 bits per heavy atom. The second-order valence-corrected chi connectivity index (χ2v) is 7.08. The van der Waals surface area contributed by atoms with Crippen LogP contribution in [0.15, 0.2) is 30.3 Å². The Kier molecular flexibility index (Phi) is 3.50. The van der Waals surface area contributed by atoms with Crippen LogP contribution in [0.25, 0.3) is 0 Å². The Morgan fingerprint density at radius 1 is 1.18 bits per heavy atom. The van der Waals surface area contributed by atoms with Gasteiger partial charge in [-0.2, -0.15) is 0 Å². The van der Waals surface area contributed by atoms with E-state index >= 15 is 0 Å². The van der Waals surface area contributed by atoms with Gasteiger partial charge in [-0.1, -0.05) is 0 Å². The van der Waals surface area contributed by atoms with Crippen molar-refractivity contribution in [3.05, 3.63) is 30.3 Å². The van der Waals surface area contributed by atoms with Crippen LogP contribution >= 0.6 is 0 Å². The predicted molar refractivity (Wildman–Crippen MR) is 65.4 cm³/mol. The maximum atomic E-state index is 5.82. The van der Waals surface area contributed by atoms with Gasteiger partial charge in [0.1, 0.15) is 0 Å². The molecule has 0 radical (unpaired) electrons. The van der Waals surface area contributed by atoms with E-state index in [1.165, 1.54) is 4.46 Å². The van der Waals surface area contributed by atoms with Crippen molar-refractivity contribution in [1.29, 1.82) is 0 Å². The van der Waals surface area contributed by atoms with Crippen LogP contribution < -0.4 is 4.46 Å². The zero-order valence-corrected chi connectivity index (χ0v) is 11.5. The molecule has 3 rings (SSSR count). The molecular weight excluding hydrogens is 283 g/mol. The molecule has 2 aliphatic heterocycles. The van der Waals surface area contributed by atoms with Gasteiger partial charge in [-0.3, -0.25) is 0 Å². The summed E-state index contributed by atoms with van der Waals surface area (Å²) in [7, 11) is 0. The van der Waals surface area contributed by atoms with Crippen molar-refractivity contribution in [3.8, 4) is 0 Å². The van der Waals surface area contributed by atoms with Crippen molar-refractivity contribution < 1.29 is 14.5 Å². The average Bonchev–Trinajstić information content (AvgIpc) is 2.83. The number of hydrogen-bond acceptors (Lipinski definition) is 3. The molecule has 4 atom stereocenters. The third kappa shape index (κ3) is 2.42. The fraction of sp³-hybridized carbons (Fsp3) is 0.538. The van der Waals surface area contributed by atoms with Crippen molar-refractivity contribution in [2.45, 2.75) is 36.5 Å². The monoisotopic (exact) mass is 300 g/mol. The summed E-state index contributed by atoms with van der Waals surface area (Å²) in [4.78, 5) is 11.2. The van der Waals surface area contributed by atoms with Crippen molar-refractivity contribution in [3.63, 3.8) is 0 Å². The van der Waals surface area contributed by atoms with Crippen LogP contribution in [-0.2, 0) is 14.5 Å². The summed E-state index contributed by atoms with van der Waals surface area (Å²) < 4.78 is 7.22. The Bertz CT molecular complexity index is 370. The van der Waals surface area contributed by atoms with Gasteiger partial charge in [-0.15, -0.1) is 0 Å². The minimum absolute atomic E-state index is 0.120. The van der Waals surface area contributed by atoms with Crippen LogP contribution in [0, 0.1) is 0 Å². The van der Waals surface area contributed by atoms with Crippen LogP contribution in [0.5, 0.6) is 0 Å². The summed E-state index contributed by atoms with van der Waals surface area (Å²) in [5, 5.41) is 0. The van der Waals surface area contributed by atoms with Crippen LogP contribution in [0.4, 0.5) is 0 Å². The molecule has 2 aliphatic rings. The van der Waals surface area contributed by atoms with Gasteiger partial charge in [-0.05, 0) is 0 Å². The van der Waals surface area contributed by atoms with Gasteiger partial charge in [-0.25, -0.2) is 0 Å². The summed E-state index contributed by atoms with van der Waals surface area (Å²) in [6.45, 7) is 2.88. The summed E-state index contributed by atoms with van der Waals surface area (Å²) in [5.41, 5.74) is 0. The number of fused-ring (bicyclic) bond motifs is 1. The fourth-order valence-corrected chi connectivity index (χ4v) is 4.93. The first-order valence-corrected chi connectivity index (χ1v) is 7.84. The van der Waals surface area contributed by atoms with E-state index in [2.05, 4.69) is 37.3 Å². The van der Waals surface area contributed by atoms with E-state index in [-0.39, 0.29) is 18.3 Å². The standard InChI is InChI=1S/C13H16O3Se/c1-9-13(17-10-5-3-2-4-6-10)12-11(16-15-9)7-8-14-12/h2-6,9,11-13H,7-8H2,1H3/t9-,11+,12-,13?/m1/s1. The van der Waals surface area contributed by atoms with Gasteiger partial charge < -0.3 is 0 Å². The quantitative estimate of drug-likeness (QED) is 0.609. The van der Waals surface area contributed by atoms with Crippen molar-refractivity contribution in [2.75, 3.05) is 6.61 Å². The first-order chi connectivity index (χ1) is 8.34. The molecule has 0 aliphatic carbocycles. The molecule has 2 heterocycles. The SMILES string of the molecule is C[C@H]1OO[C@H]2CCO[C@H]2C1[Se]c1ccccc1. The van der Waals surface area contributed by atoms with Crippen LogP contribution in [0.2, 0.25) is 4.82 Å². The first kappa shape index (κ1) is 11.7. The third-order valence-electron chi connectivity index (χ3n) is 3.21. The molecule has 0 spiro atoms. The summed E-state index contributed by atoms with van der Waals surface area (Å²) >= 11 is 0.373. The number of rotatable bonds is 2. The molecule has 0 bridgehead atoms. The molecule has 0 saturated carbocycles. The van der Waals surface area contributed by atoms with Gasteiger partial charge in [0.15, 0.2) is 0 Å². The van der Waals surface area contributed by atoms with Gasteiger partial charge >= 0.3 is 107 Å².